The second kappa shape index (κ2) is 6.01. The molecule has 0 amide bonds. The molecule has 0 aliphatic carbocycles. The Morgan fingerprint density at radius 3 is 2.45 bits per heavy atom. The van der Waals surface area contributed by atoms with Gasteiger partial charge >= 0.3 is 0 Å². The molecule has 1 fully saturated rings. The molecule has 1 aromatic carbocycles. The van der Waals surface area contributed by atoms with E-state index in [2.05, 4.69) is 39.0 Å². The standard InChI is InChI=1S/C16H18FN3/c17-15-10-16(12-18-11-15)20-8-6-19(7-9-20)13-14-4-2-1-3-5-14/h1-5,10-12H,6-9,13H2. The van der Waals surface area contributed by atoms with Crippen LogP contribution in [0.25, 0.3) is 0 Å². The van der Waals surface area contributed by atoms with Crippen LogP contribution in [0.2, 0.25) is 0 Å². The van der Waals surface area contributed by atoms with Gasteiger partial charge in [-0.25, -0.2) is 4.39 Å². The Morgan fingerprint density at radius 1 is 1.00 bits per heavy atom. The quantitative estimate of drug-likeness (QED) is 0.855. The highest BCUT2D eigenvalue weighted by Gasteiger charge is 2.17. The highest BCUT2D eigenvalue weighted by molar-refractivity contribution is 5.44. The molecule has 0 spiro atoms. The zero-order valence-corrected chi connectivity index (χ0v) is 11.4. The highest BCUT2D eigenvalue weighted by Crippen LogP contribution is 2.17. The summed E-state index contributed by atoms with van der Waals surface area (Å²) in [5.41, 5.74) is 2.22. The third kappa shape index (κ3) is 3.14. The monoisotopic (exact) mass is 271 g/mol. The van der Waals surface area contributed by atoms with Crippen molar-refractivity contribution in [2.24, 2.45) is 0 Å². The molecule has 3 nitrogen and oxygen atoms in total. The summed E-state index contributed by atoms with van der Waals surface area (Å²) in [6, 6.07) is 12.1. The maximum Gasteiger partial charge on any atom is 0.143 e. The van der Waals surface area contributed by atoms with Crippen LogP contribution in [0.15, 0.2) is 48.8 Å². The Labute approximate surface area is 118 Å². The average molecular weight is 271 g/mol. The van der Waals surface area contributed by atoms with E-state index in [1.165, 1.54) is 11.8 Å². The molecule has 104 valence electrons. The average Bonchev–Trinajstić information content (AvgIpc) is 2.49. The Bertz CT molecular complexity index is 551. The predicted molar refractivity (Wildman–Crippen MR) is 78.1 cm³/mol. The normalized spacial score (nSPS) is 16.4. The van der Waals surface area contributed by atoms with Crippen molar-refractivity contribution in [2.45, 2.75) is 6.54 Å². The minimum absolute atomic E-state index is 0.269. The minimum Gasteiger partial charge on any atom is -0.368 e. The van der Waals surface area contributed by atoms with Gasteiger partial charge in [-0.3, -0.25) is 9.88 Å². The van der Waals surface area contributed by atoms with Gasteiger partial charge in [0.1, 0.15) is 5.82 Å². The number of aromatic nitrogens is 1. The van der Waals surface area contributed by atoms with Crippen LogP contribution in [-0.2, 0) is 6.54 Å². The van der Waals surface area contributed by atoms with Gasteiger partial charge in [-0.05, 0) is 5.56 Å². The van der Waals surface area contributed by atoms with E-state index in [1.54, 1.807) is 12.3 Å². The van der Waals surface area contributed by atoms with Crippen LogP contribution in [0, 0.1) is 5.82 Å². The van der Waals surface area contributed by atoms with Crippen LogP contribution in [0.5, 0.6) is 0 Å². The molecule has 4 heteroatoms. The van der Waals surface area contributed by atoms with Crippen molar-refractivity contribution in [1.29, 1.82) is 0 Å². The maximum atomic E-state index is 13.2. The maximum absolute atomic E-state index is 13.2. The summed E-state index contributed by atoms with van der Waals surface area (Å²) in [6.07, 6.45) is 2.98. The number of anilines is 1. The lowest BCUT2D eigenvalue weighted by molar-refractivity contribution is 0.250. The van der Waals surface area contributed by atoms with Gasteiger partial charge < -0.3 is 4.90 Å². The number of piperazine rings is 1. The first kappa shape index (κ1) is 13.1. The fourth-order valence-electron chi connectivity index (χ4n) is 2.58. The van der Waals surface area contributed by atoms with Crippen molar-refractivity contribution < 1.29 is 4.39 Å². The minimum atomic E-state index is -0.269. The SMILES string of the molecule is Fc1cncc(N2CCN(Cc3ccccc3)CC2)c1. The van der Waals surface area contributed by atoms with Crippen LogP contribution < -0.4 is 4.90 Å². The van der Waals surface area contributed by atoms with Crippen molar-refractivity contribution in [1.82, 2.24) is 9.88 Å². The van der Waals surface area contributed by atoms with E-state index in [-0.39, 0.29) is 5.82 Å². The number of halogens is 1. The van der Waals surface area contributed by atoms with Crippen molar-refractivity contribution in [2.75, 3.05) is 31.1 Å². The zero-order valence-electron chi connectivity index (χ0n) is 11.4. The van der Waals surface area contributed by atoms with Crippen LogP contribution in [0.1, 0.15) is 5.56 Å². The molecule has 1 saturated heterocycles. The first-order valence-corrected chi connectivity index (χ1v) is 6.93. The summed E-state index contributed by atoms with van der Waals surface area (Å²) in [5.74, 6) is -0.269. The second-order valence-electron chi connectivity index (χ2n) is 5.11. The van der Waals surface area contributed by atoms with Crippen molar-refractivity contribution in [3.05, 3.63) is 60.2 Å². The molecular weight excluding hydrogens is 253 g/mol. The Kier molecular flexibility index (Phi) is 3.92. The molecule has 0 N–H and O–H groups in total. The molecule has 1 aliphatic rings. The Hall–Kier alpha value is -1.94. The first-order chi connectivity index (χ1) is 9.81. The van der Waals surface area contributed by atoms with Gasteiger partial charge in [0.15, 0.2) is 0 Å². The summed E-state index contributed by atoms with van der Waals surface area (Å²) in [4.78, 5) is 8.54. The number of benzene rings is 1. The molecule has 1 aromatic heterocycles. The van der Waals surface area contributed by atoms with E-state index >= 15 is 0 Å². The third-order valence-corrected chi connectivity index (χ3v) is 3.68. The molecule has 3 rings (SSSR count). The highest BCUT2D eigenvalue weighted by atomic mass is 19.1. The van der Waals surface area contributed by atoms with E-state index in [1.807, 2.05) is 6.07 Å². The number of hydrogen-bond donors (Lipinski definition) is 0. The molecule has 1 aliphatic heterocycles. The summed E-state index contributed by atoms with van der Waals surface area (Å²) in [7, 11) is 0. The van der Waals surface area contributed by atoms with Crippen LogP contribution in [-0.4, -0.2) is 36.1 Å². The summed E-state index contributed by atoms with van der Waals surface area (Å²) in [5, 5.41) is 0. The predicted octanol–water partition coefficient (Wildman–Crippen LogP) is 2.54. The summed E-state index contributed by atoms with van der Waals surface area (Å²) in [6.45, 7) is 4.79. The molecule has 2 aromatic rings. The van der Waals surface area contributed by atoms with E-state index < -0.39 is 0 Å². The van der Waals surface area contributed by atoms with Gasteiger partial charge in [-0.1, -0.05) is 30.3 Å². The summed E-state index contributed by atoms with van der Waals surface area (Å²) < 4.78 is 13.2. The van der Waals surface area contributed by atoms with Gasteiger partial charge in [0, 0.05) is 38.8 Å². The fourth-order valence-corrected chi connectivity index (χ4v) is 2.58. The largest absolute Gasteiger partial charge is 0.368 e. The Balaban J connectivity index is 1.57. The van der Waals surface area contributed by atoms with Gasteiger partial charge in [0.25, 0.3) is 0 Å². The van der Waals surface area contributed by atoms with E-state index in [0.717, 1.165) is 38.4 Å². The second-order valence-corrected chi connectivity index (χ2v) is 5.11. The van der Waals surface area contributed by atoms with E-state index in [4.69, 9.17) is 0 Å². The molecule has 0 saturated carbocycles. The number of rotatable bonds is 3. The molecular formula is C16H18FN3. The number of pyridine rings is 1. The van der Waals surface area contributed by atoms with Crippen LogP contribution in [0.3, 0.4) is 0 Å². The molecule has 20 heavy (non-hydrogen) atoms. The van der Waals surface area contributed by atoms with E-state index in [0.29, 0.717) is 0 Å². The summed E-state index contributed by atoms with van der Waals surface area (Å²) >= 11 is 0. The number of hydrogen-bond acceptors (Lipinski definition) is 3. The molecule has 0 unspecified atom stereocenters. The van der Waals surface area contributed by atoms with E-state index in [9.17, 15) is 4.39 Å². The van der Waals surface area contributed by atoms with Crippen LogP contribution >= 0.6 is 0 Å². The van der Waals surface area contributed by atoms with Crippen LogP contribution in [0.4, 0.5) is 10.1 Å². The lowest BCUT2D eigenvalue weighted by atomic mass is 10.2. The van der Waals surface area contributed by atoms with Crippen molar-refractivity contribution in [3.8, 4) is 0 Å². The molecule has 0 atom stereocenters. The molecule has 0 radical (unpaired) electrons. The smallest absolute Gasteiger partial charge is 0.143 e. The Morgan fingerprint density at radius 2 is 1.75 bits per heavy atom. The van der Waals surface area contributed by atoms with Crippen molar-refractivity contribution in [3.63, 3.8) is 0 Å². The van der Waals surface area contributed by atoms with Gasteiger partial charge in [0.05, 0.1) is 18.1 Å². The van der Waals surface area contributed by atoms with Crippen molar-refractivity contribution >= 4 is 5.69 Å². The fraction of sp³-hybridized carbons (Fsp3) is 0.312. The topological polar surface area (TPSA) is 19.4 Å². The lowest BCUT2D eigenvalue weighted by Gasteiger charge is -2.35. The van der Waals surface area contributed by atoms with Gasteiger partial charge in [-0.15, -0.1) is 0 Å². The third-order valence-electron chi connectivity index (χ3n) is 3.68. The zero-order chi connectivity index (χ0) is 13.8. The van der Waals surface area contributed by atoms with Gasteiger partial charge in [-0.2, -0.15) is 0 Å². The number of nitrogens with zero attached hydrogens (tertiary/aromatic N) is 3. The molecule has 0 bridgehead atoms. The van der Waals surface area contributed by atoms with Gasteiger partial charge in [0.2, 0.25) is 0 Å². The molecule has 2 heterocycles. The lowest BCUT2D eigenvalue weighted by Crippen LogP contribution is -2.46. The first-order valence-electron chi connectivity index (χ1n) is 6.93.